The van der Waals surface area contributed by atoms with Crippen LogP contribution in [0.2, 0.25) is 0 Å². The molecule has 0 saturated heterocycles. The third-order valence-electron chi connectivity index (χ3n) is 1.04. The van der Waals surface area contributed by atoms with Crippen molar-refractivity contribution in [2.24, 2.45) is 5.92 Å². The van der Waals surface area contributed by atoms with E-state index in [1.165, 1.54) is 13.8 Å². The molecule has 0 aromatic heterocycles. The van der Waals surface area contributed by atoms with E-state index in [-0.39, 0.29) is 0 Å². The molecule has 0 atom stereocenters. The first-order valence-corrected chi connectivity index (χ1v) is 2.48. The molecule has 5 heteroatoms. The van der Waals surface area contributed by atoms with Gasteiger partial charge in [-0.3, -0.25) is 10.1 Å². The highest BCUT2D eigenvalue weighted by Crippen LogP contribution is 2.12. The van der Waals surface area contributed by atoms with Gasteiger partial charge in [0.25, 0.3) is 0 Å². The van der Waals surface area contributed by atoms with Crippen LogP contribution in [0.3, 0.4) is 0 Å². The molecule has 0 bridgehead atoms. The summed E-state index contributed by atoms with van der Waals surface area (Å²) >= 11 is 0. The molecule has 0 spiro atoms. The Morgan fingerprint density at radius 3 is 1.89 bits per heavy atom. The van der Waals surface area contributed by atoms with Crippen LogP contribution in [-0.4, -0.2) is 21.0 Å². The zero-order chi connectivity index (χ0) is 7.65. The third-order valence-corrected chi connectivity index (χ3v) is 1.04. The van der Waals surface area contributed by atoms with Crippen molar-refractivity contribution in [1.82, 2.24) is 0 Å². The van der Waals surface area contributed by atoms with Crippen molar-refractivity contribution in [3.63, 3.8) is 0 Å². The Hall–Kier alpha value is -0.680. The number of nitro groups is 1. The van der Waals surface area contributed by atoms with Gasteiger partial charge in [-0.1, -0.05) is 13.8 Å². The summed E-state index contributed by atoms with van der Waals surface area (Å²) in [6, 6.07) is 0. The normalized spacial score (nSPS) is 12.1. The van der Waals surface area contributed by atoms with Crippen LogP contribution in [0.4, 0.5) is 0 Å². The fourth-order valence-corrected chi connectivity index (χ4v) is 0.211. The predicted molar refractivity (Wildman–Crippen MR) is 29.0 cm³/mol. The van der Waals surface area contributed by atoms with Crippen molar-refractivity contribution in [1.29, 1.82) is 0 Å². The molecule has 0 radical (unpaired) electrons. The average molecular weight is 135 g/mol. The molecular formula is C4H9NO4. The molecule has 0 heterocycles. The molecule has 0 aliphatic heterocycles. The second-order valence-corrected chi connectivity index (χ2v) is 2.10. The fraction of sp³-hybridized carbons (Fsp3) is 1.00. The smallest absolute Gasteiger partial charge is 0.306 e. The highest BCUT2D eigenvalue weighted by Gasteiger charge is 2.41. The summed E-state index contributed by atoms with van der Waals surface area (Å²) in [6.45, 7) is 2.70. The summed E-state index contributed by atoms with van der Waals surface area (Å²) in [5.74, 6) is -3.58. The van der Waals surface area contributed by atoms with E-state index in [1.807, 2.05) is 0 Å². The molecule has 0 rings (SSSR count). The van der Waals surface area contributed by atoms with Crippen LogP contribution in [0, 0.1) is 16.0 Å². The van der Waals surface area contributed by atoms with Crippen molar-refractivity contribution in [3.05, 3.63) is 10.1 Å². The first-order valence-electron chi connectivity index (χ1n) is 2.48. The quantitative estimate of drug-likeness (QED) is 0.305. The molecule has 0 aliphatic rings. The fourth-order valence-electron chi connectivity index (χ4n) is 0.211. The Balaban J connectivity index is 4.19. The molecule has 0 aliphatic carbocycles. The molecule has 0 saturated carbocycles. The predicted octanol–water partition coefficient (Wildman–Crippen LogP) is -0.443. The number of rotatable bonds is 2. The van der Waals surface area contributed by atoms with Gasteiger partial charge in [0.2, 0.25) is 0 Å². The summed E-state index contributed by atoms with van der Waals surface area (Å²) < 4.78 is 0. The van der Waals surface area contributed by atoms with Gasteiger partial charge in [-0.15, -0.1) is 0 Å². The zero-order valence-corrected chi connectivity index (χ0v) is 5.24. The van der Waals surface area contributed by atoms with Gasteiger partial charge in [0.15, 0.2) is 0 Å². The lowest BCUT2D eigenvalue weighted by Crippen LogP contribution is -2.42. The van der Waals surface area contributed by atoms with E-state index >= 15 is 0 Å². The molecule has 5 nitrogen and oxygen atoms in total. The SMILES string of the molecule is CC(C)C(O)(O)[N+](=O)[O-]. The summed E-state index contributed by atoms with van der Waals surface area (Å²) in [5.41, 5.74) is 0. The van der Waals surface area contributed by atoms with Gasteiger partial charge >= 0.3 is 5.91 Å². The lowest BCUT2D eigenvalue weighted by Gasteiger charge is -2.14. The van der Waals surface area contributed by atoms with Crippen molar-refractivity contribution in [2.75, 3.05) is 0 Å². The van der Waals surface area contributed by atoms with Crippen LogP contribution in [0.5, 0.6) is 0 Å². The molecule has 0 amide bonds. The Labute approximate surface area is 52.1 Å². The van der Waals surface area contributed by atoms with E-state index in [4.69, 9.17) is 10.2 Å². The maximum atomic E-state index is 9.77. The molecule has 2 N–H and O–H groups in total. The van der Waals surface area contributed by atoms with E-state index in [2.05, 4.69) is 0 Å². The van der Waals surface area contributed by atoms with Crippen molar-refractivity contribution in [2.45, 2.75) is 19.8 Å². The van der Waals surface area contributed by atoms with Gasteiger partial charge in [0.1, 0.15) is 0 Å². The molecule has 54 valence electrons. The minimum atomic E-state index is -2.78. The van der Waals surface area contributed by atoms with Gasteiger partial charge in [-0.25, -0.2) is 0 Å². The summed E-state index contributed by atoms with van der Waals surface area (Å²) in [7, 11) is 0. The molecule has 0 aromatic rings. The van der Waals surface area contributed by atoms with E-state index in [1.54, 1.807) is 0 Å². The van der Waals surface area contributed by atoms with Gasteiger partial charge in [0, 0.05) is 0 Å². The Bertz CT molecular complexity index is 120. The van der Waals surface area contributed by atoms with E-state index in [0.29, 0.717) is 0 Å². The highest BCUT2D eigenvalue weighted by molar-refractivity contribution is 4.52. The van der Waals surface area contributed by atoms with Crippen LogP contribution in [-0.2, 0) is 0 Å². The number of nitrogens with zero attached hydrogens (tertiary/aromatic N) is 1. The minimum absolute atomic E-state index is 0.799. The number of hydrogen-bond acceptors (Lipinski definition) is 4. The zero-order valence-electron chi connectivity index (χ0n) is 5.24. The van der Waals surface area contributed by atoms with Crippen molar-refractivity contribution in [3.8, 4) is 0 Å². The van der Waals surface area contributed by atoms with Crippen LogP contribution < -0.4 is 0 Å². The van der Waals surface area contributed by atoms with Crippen molar-refractivity contribution < 1.29 is 15.1 Å². The van der Waals surface area contributed by atoms with Gasteiger partial charge in [-0.05, 0) is 0 Å². The topological polar surface area (TPSA) is 83.6 Å². The van der Waals surface area contributed by atoms with Crippen LogP contribution in [0.1, 0.15) is 13.8 Å². The van der Waals surface area contributed by atoms with Crippen LogP contribution >= 0.6 is 0 Å². The molecule has 9 heavy (non-hydrogen) atoms. The van der Waals surface area contributed by atoms with Gasteiger partial charge < -0.3 is 10.2 Å². The first-order chi connectivity index (χ1) is 3.89. The lowest BCUT2D eigenvalue weighted by molar-refractivity contribution is -0.693. The van der Waals surface area contributed by atoms with Gasteiger partial charge in [0.05, 0.1) is 10.8 Å². The first kappa shape index (κ1) is 8.32. The maximum Gasteiger partial charge on any atom is 0.439 e. The second kappa shape index (κ2) is 2.28. The van der Waals surface area contributed by atoms with E-state index in [9.17, 15) is 10.1 Å². The molecule has 0 unspecified atom stereocenters. The standard InChI is InChI=1S/C4H9NO4/c1-3(2)4(6,7)5(8)9/h3,6-7H,1-2H3. The van der Waals surface area contributed by atoms with E-state index < -0.39 is 16.8 Å². The Morgan fingerprint density at radius 2 is 1.89 bits per heavy atom. The van der Waals surface area contributed by atoms with Gasteiger partial charge in [-0.2, -0.15) is 0 Å². The summed E-state index contributed by atoms with van der Waals surface area (Å²) in [6.07, 6.45) is 0. The maximum absolute atomic E-state index is 9.77. The summed E-state index contributed by atoms with van der Waals surface area (Å²) in [5, 5.41) is 26.8. The monoisotopic (exact) mass is 135 g/mol. The van der Waals surface area contributed by atoms with Crippen molar-refractivity contribution >= 4 is 0 Å². The molecular weight excluding hydrogens is 126 g/mol. The molecule has 0 fully saturated rings. The Kier molecular flexibility index (Phi) is 2.11. The summed E-state index contributed by atoms with van der Waals surface area (Å²) in [4.78, 5) is 8.64. The Morgan fingerprint density at radius 1 is 1.56 bits per heavy atom. The largest absolute Gasteiger partial charge is 0.439 e. The minimum Gasteiger partial charge on any atom is -0.306 e. The third kappa shape index (κ3) is 1.62. The average Bonchev–Trinajstić information content (AvgIpc) is 1.65. The van der Waals surface area contributed by atoms with Crippen LogP contribution in [0.15, 0.2) is 0 Å². The number of hydrogen-bond donors (Lipinski definition) is 2. The van der Waals surface area contributed by atoms with E-state index in [0.717, 1.165) is 0 Å². The lowest BCUT2D eigenvalue weighted by atomic mass is 10.1. The highest BCUT2D eigenvalue weighted by atomic mass is 16.7. The second-order valence-electron chi connectivity index (χ2n) is 2.10. The number of aliphatic hydroxyl groups is 2. The molecule has 0 aromatic carbocycles. The van der Waals surface area contributed by atoms with Crippen LogP contribution in [0.25, 0.3) is 0 Å².